The highest BCUT2D eigenvalue weighted by Crippen LogP contribution is 2.35. The number of carbonyl (C=O) groups excluding carboxylic acids is 1. The molecular weight excluding hydrogens is 490 g/mol. The highest BCUT2D eigenvalue weighted by atomic mass is 79.9. The van der Waals surface area contributed by atoms with Crippen molar-refractivity contribution in [3.05, 3.63) is 68.5 Å². The van der Waals surface area contributed by atoms with Crippen molar-refractivity contribution in [3.8, 4) is 16.4 Å². The molecule has 0 bridgehead atoms. The van der Waals surface area contributed by atoms with Crippen LogP contribution in [-0.4, -0.2) is 25.8 Å². The van der Waals surface area contributed by atoms with Gasteiger partial charge in [0.15, 0.2) is 5.82 Å². The van der Waals surface area contributed by atoms with E-state index >= 15 is 0 Å². The quantitative estimate of drug-likeness (QED) is 0.325. The number of halogens is 2. The number of aryl methyl sites for hydroxylation is 2. The number of nitrogens with two attached hydrogens (primary N) is 1. The van der Waals surface area contributed by atoms with Gasteiger partial charge in [0.05, 0.1) is 5.69 Å². The largest absolute Gasteiger partial charge is 0.320 e. The van der Waals surface area contributed by atoms with Crippen LogP contribution in [0.1, 0.15) is 21.6 Å². The van der Waals surface area contributed by atoms with Crippen LogP contribution in [0.4, 0.5) is 5.69 Å². The highest BCUT2D eigenvalue weighted by Gasteiger charge is 2.22. The molecule has 3 heterocycles. The summed E-state index contributed by atoms with van der Waals surface area (Å²) < 4.78 is 2.03. The van der Waals surface area contributed by atoms with Crippen LogP contribution in [0.25, 0.3) is 16.4 Å². The van der Waals surface area contributed by atoms with Gasteiger partial charge in [-0.15, -0.1) is 0 Å². The van der Waals surface area contributed by atoms with E-state index in [1.807, 2.05) is 26.0 Å². The molecule has 0 aliphatic rings. The summed E-state index contributed by atoms with van der Waals surface area (Å²) in [6.45, 7) is 3.77. The fraction of sp³-hybridized carbons (Fsp3) is 0.105. The Morgan fingerprint density at radius 3 is 2.80 bits per heavy atom. The third kappa shape index (κ3) is 3.93. The number of hydrogen-bond donors (Lipinski definition) is 2. The number of anilines is 1. The van der Waals surface area contributed by atoms with Gasteiger partial charge >= 0.3 is 0 Å². The van der Waals surface area contributed by atoms with E-state index in [9.17, 15) is 4.79 Å². The number of nitrogens with zero attached hydrogens (tertiary/aromatic N) is 5. The number of aromatic nitrogens is 5. The van der Waals surface area contributed by atoms with Gasteiger partial charge in [0.1, 0.15) is 10.3 Å². The lowest BCUT2D eigenvalue weighted by molar-refractivity contribution is -0.694. The van der Waals surface area contributed by atoms with Gasteiger partial charge in [-0.05, 0) is 70.4 Å². The fourth-order valence-corrected chi connectivity index (χ4v) is 4.34. The number of amides is 1. The molecule has 0 spiro atoms. The molecule has 3 aromatic heterocycles. The number of hydrogen-bond acceptors (Lipinski definition) is 6. The SMILES string of the molecule is Cc1cccnc1-n1nc(Br)cc1C(=O)Nc1c(C)cc(Cl)cc1-c1n[n+](N)cs1. The van der Waals surface area contributed by atoms with Crippen molar-refractivity contribution in [2.75, 3.05) is 11.2 Å². The van der Waals surface area contributed by atoms with Crippen LogP contribution >= 0.6 is 38.9 Å². The Balaban J connectivity index is 1.77. The molecule has 1 aromatic carbocycles. The molecule has 0 radical (unpaired) electrons. The second kappa shape index (κ2) is 8.13. The minimum atomic E-state index is -0.345. The number of rotatable bonds is 4. The molecule has 152 valence electrons. The second-order valence-corrected chi connectivity index (χ2v) is 8.60. The van der Waals surface area contributed by atoms with E-state index in [4.69, 9.17) is 17.4 Å². The second-order valence-electron chi connectivity index (χ2n) is 6.52. The monoisotopic (exact) mass is 504 g/mol. The van der Waals surface area contributed by atoms with E-state index in [2.05, 4.69) is 36.4 Å². The predicted molar refractivity (Wildman–Crippen MR) is 119 cm³/mol. The Morgan fingerprint density at radius 2 is 2.10 bits per heavy atom. The topological polar surface area (TPSA) is 103 Å². The zero-order valence-electron chi connectivity index (χ0n) is 15.9. The number of nitrogens with one attached hydrogen (secondary N) is 1. The van der Waals surface area contributed by atoms with Crippen molar-refractivity contribution in [2.24, 2.45) is 0 Å². The van der Waals surface area contributed by atoms with Gasteiger partial charge in [0.2, 0.25) is 5.01 Å². The highest BCUT2D eigenvalue weighted by molar-refractivity contribution is 9.10. The summed E-state index contributed by atoms with van der Waals surface area (Å²) >= 11 is 11.0. The van der Waals surface area contributed by atoms with Gasteiger partial charge in [0, 0.05) is 32.7 Å². The van der Waals surface area contributed by atoms with Crippen LogP contribution < -0.4 is 16.0 Å². The van der Waals surface area contributed by atoms with E-state index in [1.165, 1.54) is 20.8 Å². The van der Waals surface area contributed by atoms with Gasteiger partial charge in [-0.3, -0.25) is 4.79 Å². The first-order valence-corrected chi connectivity index (χ1v) is 10.8. The van der Waals surface area contributed by atoms with Crippen molar-refractivity contribution < 1.29 is 9.59 Å². The Bertz CT molecular complexity index is 1270. The van der Waals surface area contributed by atoms with Crippen LogP contribution in [0, 0.1) is 13.8 Å². The van der Waals surface area contributed by atoms with Crippen molar-refractivity contribution in [1.82, 2.24) is 19.9 Å². The molecule has 8 nitrogen and oxygen atoms in total. The van der Waals surface area contributed by atoms with Gasteiger partial charge in [0.25, 0.3) is 11.4 Å². The summed E-state index contributed by atoms with van der Waals surface area (Å²) in [7, 11) is 0. The first-order valence-electron chi connectivity index (χ1n) is 8.75. The van der Waals surface area contributed by atoms with Crippen LogP contribution in [-0.2, 0) is 0 Å². The summed E-state index contributed by atoms with van der Waals surface area (Å²) in [5.74, 6) is 5.94. The minimum Gasteiger partial charge on any atom is -0.320 e. The number of nitrogen functional groups attached to an aromatic ring is 1. The standard InChI is InChI=1S/C19H15BrClN7OS/c1-10-4-3-5-23-17(10)28-14(8-15(20)25-28)18(29)24-16-11(2)6-12(21)7-13(16)19-26-27(22)9-30-19/h3-9H,22H2,1-2H3/p+1. The normalized spacial score (nSPS) is 10.9. The summed E-state index contributed by atoms with van der Waals surface area (Å²) in [4.78, 5) is 18.8. The predicted octanol–water partition coefficient (Wildman–Crippen LogP) is 3.68. The fourth-order valence-electron chi connectivity index (χ4n) is 3.00. The summed E-state index contributed by atoms with van der Waals surface area (Å²) in [5.41, 5.74) is 4.96. The Hall–Kier alpha value is -2.82. The summed E-state index contributed by atoms with van der Waals surface area (Å²) in [5, 5.41) is 12.8. The van der Waals surface area contributed by atoms with Crippen LogP contribution in [0.3, 0.4) is 0 Å². The summed E-state index contributed by atoms with van der Waals surface area (Å²) in [6.07, 6.45) is 1.66. The summed E-state index contributed by atoms with van der Waals surface area (Å²) in [6, 6.07) is 8.91. The lowest BCUT2D eigenvalue weighted by atomic mass is 10.1. The Labute approximate surface area is 189 Å². The first kappa shape index (κ1) is 20.5. The molecule has 1 amide bonds. The van der Waals surface area contributed by atoms with Crippen molar-refractivity contribution in [3.63, 3.8) is 0 Å². The van der Waals surface area contributed by atoms with Gasteiger partial charge in [-0.1, -0.05) is 17.7 Å². The average molecular weight is 506 g/mol. The molecule has 0 unspecified atom stereocenters. The molecule has 11 heteroatoms. The van der Waals surface area contributed by atoms with Gasteiger partial charge in [-0.2, -0.15) is 10.9 Å². The molecule has 0 atom stereocenters. The van der Waals surface area contributed by atoms with Gasteiger partial charge < -0.3 is 5.32 Å². The smallest absolute Gasteiger partial charge is 0.286 e. The van der Waals surface area contributed by atoms with Crippen LogP contribution in [0.5, 0.6) is 0 Å². The van der Waals surface area contributed by atoms with E-state index < -0.39 is 0 Å². The molecule has 0 aliphatic heterocycles. The Morgan fingerprint density at radius 1 is 1.30 bits per heavy atom. The zero-order chi connectivity index (χ0) is 21.4. The first-order chi connectivity index (χ1) is 14.3. The Kier molecular flexibility index (Phi) is 5.54. The number of benzene rings is 1. The lowest BCUT2D eigenvalue weighted by Gasteiger charge is -2.14. The maximum absolute atomic E-state index is 13.3. The molecule has 0 aliphatic carbocycles. The number of carbonyl (C=O) groups is 1. The molecular formula is C19H16BrClN7OS+. The lowest BCUT2D eigenvalue weighted by Crippen LogP contribution is -2.45. The molecule has 3 N–H and O–H groups in total. The van der Waals surface area contributed by atoms with E-state index in [1.54, 1.807) is 29.9 Å². The molecule has 0 fully saturated rings. The minimum absolute atomic E-state index is 0.331. The van der Waals surface area contributed by atoms with E-state index in [-0.39, 0.29) is 5.91 Å². The van der Waals surface area contributed by atoms with E-state index in [0.717, 1.165) is 11.1 Å². The maximum Gasteiger partial charge on any atom is 0.286 e. The zero-order valence-corrected chi connectivity index (χ0v) is 19.1. The van der Waals surface area contributed by atoms with Crippen LogP contribution in [0.15, 0.2) is 46.6 Å². The maximum atomic E-state index is 13.3. The third-order valence-electron chi connectivity index (χ3n) is 4.34. The molecule has 4 aromatic rings. The number of pyridine rings is 1. The van der Waals surface area contributed by atoms with Crippen molar-refractivity contribution in [2.45, 2.75) is 13.8 Å². The molecule has 0 saturated heterocycles. The molecule has 30 heavy (non-hydrogen) atoms. The van der Waals surface area contributed by atoms with Crippen molar-refractivity contribution in [1.29, 1.82) is 0 Å². The third-order valence-corrected chi connectivity index (χ3v) is 5.79. The molecule has 4 rings (SSSR count). The average Bonchev–Trinajstić information content (AvgIpc) is 3.29. The van der Waals surface area contributed by atoms with E-state index in [0.29, 0.717) is 37.4 Å². The van der Waals surface area contributed by atoms with Crippen molar-refractivity contribution >= 4 is 50.5 Å². The van der Waals surface area contributed by atoms with Gasteiger partial charge in [-0.25, -0.2) is 9.67 Å². The molecule has 0 saturated carbocycles. The van der Waals surface area contributed by atoms with Crippen LogP contribution in [0.2, 0.25) is 5.02 Å².